The number of amides is 1. The van der Waals surface area contributed by atoms with Crippen LogP contribution in [0.2, 0.25) is 0 Å². The highest BCUT2D eigenvalue weighted by molar-refractivity contribution is 5.93. The summed E-state index contributed by atoms with van der Waals surface area (Å²) in [6.45, 7) is 11.4. The molecule has 1 atom stereocenters. The molecule has 2 N–H and O–H groups in total. The fraction of sp³-hybridized carbons (Fsp3) is 0.824. The smallest absolute Gasteiger partial charge is 0.273 e. The van der Waals surface area contributed by atoms with Gasteiger partial charge in [0, 0.05) is 13.2 Å². The van der Waals surface area contributed by atoms with E-state index in [0.29, 0.717) is 30.8 Å². The zero-order valence-corrected chi connectivity index (χ0v) is 16.6. The lowest BCUT2D eigenvalue weighted by Gasteiger charge is -2.23. The van der Waals surface area contributed by atoms with Gasteiger partial charge in [0.05, 0.1) is 17.8 Å². The SMILES string of the molecule is CCOC(CCNC(=O)c1nnn(C2CCNCC2)c1C)C(C)C.Cl. The standard InChI is InChI=1S/C17H31N5O2.ClH/c1-5-24-15(12(2)3)8-11-19-17(23)16-13(4)22(21-20-16)14-6-9-18-10-7-14;/h12,14-15,18H,5-11H2,1-4H3,(H,19,23);1H. The molecule has 2 heterocycles. The number of rotatable bonds is 8. The van der Waals surface area contributed by atoms with Crippen LogP contribution < -0.4 is 10.6 Å². The van der Waals surface area contributed by atoms with E-state index in [1.54, 1.807) is 0 Å². The summed E-state index contributed by atoms with van der Waals surface area (Å²) in [5, 5.41) is 14.6. The van der Waals surface area contributed by atoms with E-state index in [-0.39, 0.29) is 24.4 Å². The molecule has 25 heavy (non-hydrogen) atoms. The van der Waals surface area contributed by atoms with Gasteiger partial charge >= 0.3 is 0 Å². The van der Waals surface area contributed by atoms with Crippen LogP contribution >= 0.6 is 12.4 Å². The predicted octanol–water partition coefficient (Wildman–Crippen LogP) is 2.11. The monoisotopic (exact) mass is 373 g/mol. The van der Waals surface area contributed by atoms with E-state index in [0.717, 1.165) is 38.0 Å². The number of halogens is 1. The number of carbonyl (C=O) groups excluding carboxylic acids is 1. The summed E-state index contributed by atoms with van der Waals surface area (Å²) in [6, 6.07) is 0.337. The van der Waals surface area contributed by atoms with Crippen LogP contribution in [0.1, 0.15) is 62.3 Å². The lowest BCUT2D eigenvalue weighted by atomic mass is 10.0. The highest BCUT2D eigenvalue weighted by Crippen LogP contribution is 2.20. The Morgan fingerprint density at radius 3 is 2.68 bits per heavy atom. The number of carbonyl (C=O) groups is 1. The zero-order valence-electron chi connectivity index (χ0n) is 15.7. The van der Waals surface area contributed by atoms with Gasteiger partial charge in [-0.15, -0.1) is 17.5 Å². The molecule has 1 unspecified atom stereocenters. The molecule has 8 heteroatoms. The van der Waals surface area contributed by atoms with Crippen molar-refractivity contribution in [1.82, 2.24) is 25.6 Å². The van der Waals surface area contributed by atoms with Crippen LogP contribution in [0.25, 0.3) is 0 Å². The lowest BCUT2D eigenvalue weighted by molar-refractivity contribution is 0.0251. The molecule has 2 rings (SSSR count). The van der Waals surface area contributed by atoms with Gasteiger partial charge in [-0.25, -0.2) is 4.68 Å². The van der Waals surface area contributed by atoms with Crippen molar-refractivity contribution in [3.63, 3.8) is 0 Å². The Balaban J connectivity index is 0.00000312. The van der Waals surface area contributed by atoms with Gasteiger partial charge in [-0.1, -0.05) is 19.1 Å². The highest BCUT2D eigenvalue weighted by Gasteiger charge is 2.23. The van der Waals surface area contributed by atoms with Crippen LogP contribution in [0.4, 0.5) is 0 Å². The van der Waals surface area contributed by atoms with Crippen LogP contribution in [-0.4, -0.2) is 53.2 Å². The molecule has 7 nitrogen and oxygen atoms in total. The second kappa shape index (κ2) is 10.7. The normalized spacial score (nSPS) is 16.5. The molecule has 1 aromatic heterocycles. The molecule has 0 radical (unpaired) electrons. The number of aromatic nitrogens is 3. The Bertz CT molecular complexity index is 529. The summed E-state index contributed by atoms with van der Waals surface area (Å²) in [7, 11) is 0. The first-order chi connectivity index (χ1) is 11.5. The Kier molecular flexibility index (Phi) is 9.38. The summed E-state index contributed by atoms with van der Waals surface area (Å²) < 4.78 is 7.62. The van der Waals surface area contributed by atoms with Gasteiger partial charge in [0.15, 0.2) is 5.69 Å². The van der Waals surface area contributed by atoms with Crippen molar-refractivity contribution in [2.75, 3.05) is 26.2 Å². The summed E-state index contributed by atoms with van der Waals surface area (Å²) in [6.07, 6.45) is 3.02. The second-order valence-corrected chi connectivity index (χ2v) is 6.73. The molecule has 1 fully saturated rings. The first-order valence-electron chi connectivity index (χ1n) is 9.06. The lowest BCUT2D eigenvalue weighted by Crippen LogP contribution is -2.31. The summed E-state index contributed by atoms with van der Waals surface area (Å²) in [4.78, 5) is 12.4. The Morgan fingerprint density at radius 2 is 2.08 bits per heavy atom. The van der Waals surface area contributed by atoms with E-state index >= 15 is 0 Å². The van der Waals surface area contributed by atoms with Gasteiger partial charge in [-0.2, -0.15) is 0 Å². The van der Waals surface area contributed by atoms with Gasteiger partial charge in [0.2, 0.25) is 0 Å². The van der Waals surface area contributed by atoms with E-state index in [2.05, 4.69) is 34.8 Å². The zero-order chi connectivity index (χ0) is 17.5. The van der Waals surface area contributed by atoms with Gasteiger partial charge in [0.25, 0.3) is 5.91 Å². The first kappa shape index (κ1) is 21.9. The summed E-state index contributed by atoms with van der Waals surface area (Å²) >= 11 is 0. The summed E-state index contributed by atoms with van der Waals surface area (Å²) in [5.74, 6) is 0.288. The van der Waals surface area contributed by atoms with Crippen molar-refractivity contribution in [3.05, 3.63) is 11.4 Å². The minimum Gasteiger partial charge on any atom is -0.378 e. The van der Waals surface area contributed by atoms with E-state index < -0.39 is 0 Å². The molecule has 1 saturated heterocycles. The predicted molar refractivity (Wildman–Crippen MR) is 100 cm³/mol. The van der Waals surface area contributed by atoms with Crippen molar-refractivity contribution in [2.45, 2.75) is 59.1 Å². The van der Waals surface area contributed by atoms with Crippen molar-refractivity contribution in [1.29, 1.82) is 0 Å². The number of hydrogen-bond acceptors (Lipinski definition) is 5. The number of piperidine rings is 1. The number of nitrogens with zero attached hydrogens (tertiary/aromatic N) is 3. The van der Waals surface area contributed by atoms with Gasteiger partial charge in [-0.3, -0.25) is 4.79 Å². The van der Waals surface area contributed by atoms with Crippen LogP contribution in [-0.2, 0) is 4.74 Å². The molecule has 0 saturated carbocycles. The van der Waals surface area contributed by atoms with E-state index in [1.807, 2.05) is 18.5 Å². The Hall–Kier alpha value is -1.18. The van der Waals surface area contributed by atoms with Crippen molar-refractivity contribution in [2.24, 2.45) is 5.92 Å². The van der Waals surface area contributed by atoms with Crippen LogP contribution in [0, 0.1) is 12.8 Å². The minimum atomic E-state index is -0.147. The molecular weight excluding hydrogens is 342 g/mol. The number of ether oxygens (including phenoxy) is 1. The fourth-order valence-corrected chi connectivity index (χ4v) is 3.18. The van der Waals surface area contributed by atoms with E-state index in [1.165, 1.54) is 0 Å². The largest absolute Gasteiger partial charge is 0.378 e. The topological polar surface area (TPSA) is 81.1 Å². The third-order valence-corrected chi connectivity index (χ3v) is 4.64. The molecule has 0 aromatic carbocycles. The third kappa shape index (κ3) is 5.94. The van der Waals surface area contributed by atoms with E-state index in [9.17, 15) is 4.79 Å². The maximum atomic E-state index is 12.4. The van der Waals surface area contributed by atoms with Crippen LogP contribution in [0.5, 0.6) is 0 Å². The third-order valence-electron chi connectivity index (χ3n) is 4.64. The summed E-state index contributed by atoms with van der Waals surface area (Å²) in [5.41, 5.74) is 1.29. The van der Waals surface area contributed by atoms with Crippen molar-refractivity contribution < 1.29 is 9.53 Å². The number of hydrogen-bond donors (Lipinski definition) is 2. The molecule has 1 aliphatic rings. The van der Waals surface area contributed by atoms with Crippen LogP contribution in [0.3, 0.4) is 0 Å². The van der Waals surface area contributed by atoms with Gasteiger partial charge < -0.3 is 15.4 Å². The fourth-order valence-electron chi connectivity index (χ4n) is 3.18. The molecular formula is C17H32ClN5O2. The molecule has 1 amide bonds. The number of nitrogens with one attached hydrogen (secondary N) is 2. The van der Waals surface area contributed by atoms with E-state index in [4.69, 9.17) is 4.74 Å². The average Bonchev–Trinajstić information content (AvgIpc) is 2.96. The average molecular weight is 374 g/mol. The first-order valence-corrected chi connectivity index (χ1v) is 9.06. The Labute approximate surface area is 156 Å². The quantitative estimate of drug-likeness (QED) is 0.729. The van der Waals surface area contributed by atoms with Gasteiger partial charge in [0.1, 0.15) is 0 Å². The van der Waals surface area contributed by atoms with Gasteiger partial charge in [-0.05, 0) is 52.1 Å². The van der Waals surface area contributed by atoms with Crippen LogP contribution in [0.15, 0.2) is 0 Å². The van der Waals surface area contributed by atoms with Crippen molar-refractivity contribution in [3.8, 4) is 0 Å². The maximum Gasteiger partial charge on any atom is 0.273 e. The second-order valence-electron chi connectivity index (χ2n) is 6.73. The minimum absolute atomic E-state index is 0. The molecule has 0 bridgehead atoms. The maximum absolute atomic E-state index is 12.4. The molecule has 1 aromatic rings. The molecule has 144 valence electrons. The Morgan fingerprint density at radius 1 is 1.40 bits per heavy atom. The molecule has 0 aliphatic carbocycles. The highest BCUT2D eigenvalue weighted by atomic mass is 35.5. The molecule has 1 aliphatic heterocycles. The van der Waals surface area contributed by atoms with Crippen molar-refractivity contribution >= 4 is 18.3 Å². The molecule has 0 spiro atoms.